The van der Waals surface area contributed by atoms with Gasteiger partial charge in [-0.15, -0.1) is 0 Å². The highest BCUT2D eigenvalue weighted by Gasteiger charge is 2.34. The molecule has 0 spiro atoms. The second-order valence-electron chi connectivity index (χ2n) is 10.4. The largest absolute Gasteiger partial charge is 0.483 e. The van der Waals surface area contributed by atoms with E-state index in [9.17, 15) is 28.3 Å². The van der Waals surface area contributed by atoms with Crippen LogP contribution in [0.25, 0.3) is 11.3 Å². The van der Waals surface area contributed by atoms with E-state index in [0.717, 1.165) is 0 Å². The molecule has 0 aliphatic carbocycles. The van der Waals surface area contributed by atoms with Crippen LogP contribution in [-0.2, 0) is 16.6 Å². The van der Waals surface area contributed by atoms with Crippen LogP contribution in [0.4, 0.5) is 14.5 Å². The molecule has 51 heavy (non-hydrogen) atoms. The third-order valence-corrected chi connectivity index (χ3v) is 7.86. The molecule has 2 saturated heterocycles. The highest BCUT2D eigenvalue weighted by Crippen LogP contribution is 2.30. The van der Waals surface area contributed by atoms with Crippen molar-refractivity contribution in [3.63, 3.8) is 0 Å². The summed E-state index contributed by atoms with van der Waals surface area (Å²) < 4.78 is 35.4. The summed E-state index contributed by atoms with van der Waals surface area (Å²) >= 11 is 6.42. The average Bonchev–Trinajstić information content (AvgIpc) is 3.67. The number of hydrogen-bond acceptors (Lipinski definition) is 9. The number of nitriles is 1. The molecule has 0 unspecified atom stereocenters. The Morgan fingerprint density at radius 3 is 2.31 bits per heavy atom. The van der Waals surface area contributed by atoms with Crippen molar-refractivity contribution in [2.45, 2.75) is 33.4 Å². The number of β-amino-alcohol motifs (C(OH)–C–C–N with tert-alkyl or cyclic N) is 1. The van der Waals surface area contributed by atoms with Gasteiger partial charge < -0.3 is 40.0 Å². The summed E-state index contributed by atoms with van der Waals surface area (Å²) in [6.45, 7) is 1.02. The van der Waals surface area contributed by atoms with E-state index >= 15 is 0 Å². The van der Waals surface area contributed by atoms with E-state index in [-0.39, 0.29) is 93.5 Å². The molecule has 0 bridgehead atoms. The number of hydrogen-bond donors (Lipinski definition) is 4. The van der Waals surface area contributed by atoms with E-state index in [1.165, 1.54) is 48.1 Å². The van der Waals surface area contributed by atoms with E-state index in [4.69, 9.17) is 31.5 Å². The Labute approximate surface area is 313 Å². The molecule has 0 saturated carbocycles. The second kappa shape index (κ2) is 21.1. The Morgan fingerprint density at radius 2 is 1.75 bits per heavy atom. The number of amides is 3. The Bertz CT molecular complexity index is 1720. The van der Waals surface area contributed by atoms with Gasteiger partial charge in [-0.3, -0.25) is 19.2 Å². The van der Waals surface area contributed by atoms with Gasteiger partial charge in [-0.05, 0) is 36.8 Å². The van der Waals surface area contributed by atoms with Gasteiger partial charge in [-0.2, -0.15) is 36.6 Å². The zero-order valence-electron chi connectivity index (χ0n) is 26.0. The summed E-state index contributed by atoms with van der Waals surface area (Å²) in [4.78, 5) is 54.5. The molecule has 2 aliphatic heterocycles. The van der Waals surface area contributed by atoms with Crippen molar-refractivity contribution < 1.29 is 42.9 Å². The molecule has 2 fully saturated rings. The number of halogens is 3. The number of aliphatic hydroxyl groups excluding tert-OH is 1. The van der Waals surface area contributed by atoms with Crippen molar-refractivity contribution in [2.75, 3.05) is 44.6 Å². The monoisotopic (exact) mass is 773 g/mol. The lowest BCUT2D eigenvalue weighted by atomic mass is 10.1. The van der Waals surface area contributed by atoms with Crippen molar-refractivity contribution >= 4 is 68.5 Å². The highest BCUT2D eigenvalue weighted by molar-refractivity contribution is 7.59. The summed E-state index contributed by atoms with van der Waals surface area (Å²) in [5.41, 5.74) is 0.463. The number of rotatable bonds is 7. The molecular weight excluding hydrogens is 732 g/mol. The molecular formula is C32H42ClF2N7O7S2. The van der Waals surface area contributed by atoms with Crippen LogP contribution in [0, 0.1) is 23.0 Å². The number of ether oxygens (including phenoxy) is 1. The molecule has 3 amide bonds. The van der Waals surface area contributed by atoms with Gasteiger partial charge in [0.2, 0.25) is 11.7 Å². The van der Waals surface area contributed by atoms with Crippen molar-refractivity contribution in [2.24, 2.45) is 7.05 Å². The van der Waals surface area contributed by atoms with Gasteiger partial charge in [-0.25, -0.2) is 9.37 Å². The molecule has 0 radical (unpaired) electrons. The Balaban J connectivity index is 0.00000345. The minimum absolute atomic E-state index is 0. The number of aromatic nitrogens is 2. The van der Waals surface area contributed by atoms with Crippen LogP contribution in [-0.4, -0.2) is 105 Å². The number of aliphatic hydroxyl groups is 1. The SMILES string of the molecule is C.C.Cn1c(-c2ccc(OCC#N)c(F)c2F)cnc1C(=O)Nc1ccc(C(=O)N2CCN(C(=O)[C@@H]3C[C@H](O)CN3)CC2)c(Cl)c1.O=CO.S.S. The van der Waals surface area contributed by atoms with Gasteiger partial charge in [0.1, 0.15) is 6.07 Å². The lowest BCUT2D eigenvalue weighted by Gasteiger charge is -2.36. The topological polar surface area (TPSA) is 190 Å². The van der Waals surface area contributed by atoms with E-state index in [2.05, 4.69) is 15.6 Å². The van der Waals surface area contributed by atoms with E-state index in [1.54, 1.807) is 15.9 Å². The van der Waals surface area contributed by atoms with Crippen LogP contribution < -0.4 is 15.4 Å². The first-order chi connectivity index (χ1) is 22.5. The predicted molar refractivity (Wildman–Crippen MR) is 197 cm³/mol. The van der Waals surface area contributed by atoms with Crippen LogP contribution in [0.15, 0.2) is 36.5 Å². The number of benzene rings is 2. The molecule has 19 heteroatoms. The number of anilines is 1. The molecule has 1 aromatic heterocycles. The Hall–Kier alpha value is -4.41. The first kappa shape index (κ1) is 46.6. The molecule has 3 aromatic rings. The first-order valence-corrected chi connectivity index (χ1v) is 14.6. The van der Waals surface area contributed by atoms with Gasteiger partial charge in [0, 0.05) is 51.0 Å². The van der Waals surface area contributed by atoms with Crippen LogP contribution in [0.3, 0.4) is 0 Å². The quantitative estimate of drug-likeness (QED) is 0.259. The van der Waals surface area contributed by atoms with Gasteiger partial charge in [0.15, 0.2) is 24.0 Å². The molecule has 2 atom stereocenters. The highest BCUT2D eigenvalue weighted by atomic mass is 35.5. The Kier molecular flexibility index (Phi) is 19.2. The normalized spacial score (nSPS) is 15.9. The van der Waals surface area contributed by atoms with Crippen LogP contribution >= 0.6 is 38.6 Å². The fourth-order valence-corrected chi connectivity index (χ4v) is 5.46. The van der Waals surface area contributed by atoms with Crippen LogP contribution in [0.5, 0.6) is 5.75 Å². The molecule has 5 rings (SSSR count). The second-order valence-corrected chi connectivity index (χ2v) is 10.8. The van der Waals surface area contributed by atoms with Crippen molar-refractivity contribution in [1.82, 2.24) is 24.7 Å². The molecule has 280 valence electrons. The van der Waals surface area contributed by atoms with Gasteiger partial charge in [-0.1, -0.05) is 26.5 Å². The average molecular weight is 774 g/mol. The van der Waals surface area contributed by atoms with Crippen molar-refractivity contribution in [3.8, 4) is 23.1 Å². The fraction of sp³-hybridized carbons (Fsp3) is 0.375. The maximum atomic E-state index is 14.8. The van der Waals surface area contributed by atoms with Gasteiger partial charge >= 0.3 is 0 Å². The predicted octanol–water partition coefficient (Wildman–Crippen LogP) is 3.38. The minimum Gasteiger partial charge on any atom is -0.483 e. The zero-order chi connectivity index (χ0) is 34.2. The zero-order valence-corrected chi connectivity index (χ0v) is 28.7. The third-order valence-electron chi connectivity index (χ3n) is 7.55. The maximum Gasteiger partial charge on any atom is 0.291 e. The van der Waals surface area contributed by atoms with Gasteiger partial charge in [0.05, 0.1) is 34.6 Å². The summed E-state index contributed by atoms with van der Waals surface area (Å²) in [6, 6.07) is 8.11. The van der Waals surface area contributed by atoms with E-state index in [1.807, 2.05) is 0 Å². The summed E-state index contributed by atoms with van der Waals surface area (Å²) in [5, 5.41) is 30.9. The lowest BCUT2D eigenvalue weighted by Crippen LogP contribution is -2.54. The number of nitrogens with one attached hydrogen (secondary N) is 2. The summed E-state index contributed by atoms with van der Waals surface area (Å²) in [7, 11) is 1.46. The van der Waals surface area contributed by atoms with Crippen LogP contribution in [0.1, 0.15) is 42.3 Å². The smallest absolute Gasteiger partial charge is 0.291 e. The summed E-state index contributed by atoms with van der Waals surface area (Å²) in [6.07, 6.45) is 1.04. The molecule has 4 N–H and O–H groups in total. The molecule has 14 nitrogen and oxygen atoms in total. The Morgan fingerprint density at radius 1 is 1.12 bits per heavy atom. The molecule has 2 aromatic carbocycles. The van der Waals surface area contributed by atoms with Crippen LogP contribution in [0.2, 0.25) is 5.02 Å². The van der Waals surface area contributed by atoms with E-state index < -0.39 is 42.0 Å². The lowest BCUT2D eigenvalue weighted by molar-refractivity contribution is -0.134. The fourth-order valence-electron chi connectivity index (χ4n) is 5.20. The molecule has 2 aliphatic rings. The first-order valence-electron chi connectivity index (χ1n) is 14.2. The third kappa shape index (κ3) is 10.8. The maximum absolute atomic E-state index is 14.8. The van der Waals surface area contributed by atoms with Crippen molar-refractivity contribution in [3.05, 3.63) is 64.6 Å². The number of imidazole rings is 1. The van der Waals surface area contributed by atoms with Crippen molar-refractivity contribution in [1.29, 1.82) is 5.26 Å². The number of carbonyl (C=O) groups excluding carboxylic acids is 3. The molecule has 3 heterocycles. The number of piperazine rings is 1. The standard InChI is InChI=1S/C29H28ClF2N7O5.CH2O2.2CH4.2H2S/c1-37-22(19-4-5-23(44-11-6-33)25(32)24(19)31)15-35-26(37)27(41)36-16-2-3-18(20(30)12-16)28(42)38-7-9-39(10-8-38)29(43)21-13-17(40)14-34-21;2-1-3;;;;/h2-5,12,15,17,21,34,40H,7-11,13-14H2,1H3,(H,36,41);1H,(H,2,3);2*1H4;2*1H2/t17-,21-;;;;;/m0...../s1. The minimum atomic E-state index is -1.27. The van der Waals surface area contributed by atoms with E-state index in [0.29, 0.717) is 39.1 Å². The summed E-state index contributed by atoms with van der Waals surface area (Å²) in [5.74, 6) is -4.08. The van der Waals surface area contributed by atoms with Gasteiger partial charge in [0.25, 0.3) is 18.3 Å². The number of carboxylic acid groups (broad SMARTS) is 1. The number of nitrogens with zero attached hydrogens (tertiary/aromatic N) is 5. The number of carbonyl (C=O) groups is 4.